The Hall–Kier alpha value is -3.08. The maximum atomic E-state index is 12.4. The average molecular weight is 361 g/mol. The van der Waals surface area contributed by atoms with E-state index in [1.807, 2.05) is 56.4 Å². The van der Waals surface area contributed by atoms with Gasteiger partial charge < -0.3 is 14.6 Å². The molecule has 1 aliphatic rings. The molecule has 2 heterocycles. The Bertz CT molecular complexity index is 941. The van der Waals surface area contributed by atoms with Gasteiger partial charge in [-0.2, -0.15) is 0 Å². The Morgan fingerprint density at radius 2 is 1.85 bits per heavy atom. The predicted molar refractivity (Wildman–Crippen MR) is 106 cm³/mol. The van der Waals surface area contributed by atoms with Gasteiger partial charge in [-0.3, -0.25) is 4.79 Å². The van der Waals surface area contributed by atoms with E-state index in [1.54, 1.807) is 12.1 Å². The van der Waals surface area contributed by atoms with Crippen molar-refractivity contribution in [1.29, 1.82) is 0 Å². The number of rotatable bonds is 5. The molecule has 0 bridgehead atoms. The second kappa shape index (κ2) is 7.27. The molecule has 2 aromatic carbocycles. The van der Waals surface area contributed by atoms with Crippen molar-refractivity contribution in [2.45, 2.75) is 39.3 Å². The van der Waals surface area contributed by atoms with Crippen LogP contribution in [0.3, 0.4) is 0 Å². The van der Waals surface area contributed by atoms with Crippen LogP contribution >= 0.6 is 0 Å². The minimum atomic E-state index is -0.135. The van der Waals surface area contributed by atoms with E-state index in [0.29, 0.717) is 5.56 Å². The molecule has 0 fully saturated rings. The fraction of sp³-hybridized carbons (Fsp3) is 0.273. The highest BCUT2D eigenvalue weighted by molar-refractivity contribution is 6.04. The third-order valence-electron chi connectivity index (χ3n) is 4.65. The van der Waals surface area contributed by atoms with Crippen LogP contribution in [0, 0.1) is 0 Å². The van der Waals surface area contributed by atoms with E-state index in [1.165, 1.54) is 0 Å². The second-order valence-electron chi connectivity index (χ2n) is 7.04. The lowest BCUT2D eigenvalue weighted by atomic mass is 10.1. The smallest absolute Gasteiger partial charge is 0.255 e. The number of nitrogens with zero attached hydrogens (tertiary/aromatic N) is 2. The van der Waals surface area contributed by atoms with Crippen LogP contribution in [0.5, 0.6) is 5.75 Å². The molecule has 3 aromatic rings. The molecule has 0 aliphatic carbocycles. The normalized spacial score (nSPS) is 12.9. The number of anilines is 1. The number of fused-ring (bicyclic) bond motifs is 1. The second-order valence-corrected chi connectivity index (χ2v) is 7.04. The zero-order valence-corrected chi connectivity index (χ0v) is 15.6. The molecule has 0 radical (unpaired) electrons. The van der Waals surface area contributed by atoms with Crippen LogP contribution in [0.25, 0.3) is 11.3 Å². The van der Waals surface area contributed by atoms with E-state index in [-0.39, 0.29) is 12.0 Å². The summed E-state index contributed by atoms with van der Waals surface area (Å²) in [4.78, 5) is 16.9. The van der Waals surface area contributed by atoms with Crippen molar-refractivity contribution in [3.8, 4) is 17.0 Å². The number of hydrogen-bond donors (Lipinski definition) is 1. The summed E-state index contributed by atoms with van der Waals surface area (Å²) in [5.41, 5.74) is 3.63. The largest absolute Gasteiger partial charge is 0.491 e. The minimum absolute atomic E-state index is 0.111. The van der Waals surface area contributed by atoms with Crippen LogP contribution in [0.2, 0.25) is 0 Å². The highest BCUT2D eigenvalue weighted by Gasteiger charge is 2.16. The summed E-state index contributed by atoms with van der Waals surface area (Å²) < 4.78 is 7.88. The van der Waals surface area contributed by atoms with Gasteiger partial charge >= 0.3 is 0 Å². The molecule has 1 amide bonds. The van der Waals surface area contributed by atoms with Crippen molar-refractivity contribution < 1.29 is 9.53 Å². The van der Waals surface area contributed by atoms with Gasteiger partial charge in [0.2, 0.25) is 0 Å². The summed E-state index contributed by atoms with van der Waals surface area (Å²) in [6.07, 6.45) is 4.25. The van der Waals surface area contributed by atoms with Gasteiger partial charge in [-0.15, -0.1) is 0 Å². The topological polar surface area (TPSA) is 56.1 Å². The molecule has 0 saturated carbocycles. The maximum Gasteiger partial charge on any atom is 0.255 e. The summed E-state index contributed by atoms with van der Waals surface area (Å²) in [7, 11) is 0. The molecule has 0 spiro atoms. The zero-order chi connectivity index (χ0) is 18.8. The van der Waals surface area contributed by atoms with E-state index >= 15 is 0 Å². The van der Waals surface area contributed by atoms with Crippen LogP contribution in [0.1, 0.15) is 36.5 Å². The van der Waals surface area contributed by atoms with Gasteiger partial charge in [0.15, 0.2) is 0 Å². The molecule has 27 heavy (non-hydrogen) atoms. The first-order chi connectivity index (χ1) is 13.1. The number of carbonyl (C=O) groups is 1. The standard InChI is InChI=1S/C22H23N3O2/c1-15(2)27-19-11-7-17(8-12-19)22(26)24-18-9-5-16(6-10-18)20-14-23-21-4-3-13-25(20)21/h5-12,14-15H,3-4,13H2,1-2H3,(H,24,26). The first kappa shape index (κ1) is 17.3. The van der Waals surface area contributed by atoms with Crippen molar-refractivity contribution >= 4 is 11.6 Å². The average Bonchev–Trinajstić information content (AvgIpc) is 3.26. The summed E-state index contributed by atoms with van der Waals surface area (Å²) in [5, 5.41) is 2.94. The van der Waals surface area contributed by atoms with Gasteiger partial charge in [0, 0.05) is 24.2 Å². The maximum absolute atomic E-state index is 12.4. The molecule has 0 saturated heterocycles. The van der Waals surface area contributed by atoms with Gasteiger partial charge in [-0.25, -0.2) is 4.98 Å². The molecule has 5 heteroatoms. The molecule has 0 atom stereocenters. The number of amides is 1. The number of benzene rings is 2. The Balaban J connectivity index is 1.44. The lowest BCUT2D eigenvalue weighted by Gasteiger charge is -2.10. The van der Waals surface area contributed by atoms with E-state index in [0.717, 1.165) is 47.9 Å². The number of nitrogens with one attached hydrogen (secondary N) is 1. The Kier molecular flexibility index (Phi) is 4.67. The molecular formula is C22H23N3O2. The number of ether oxygens (including phenoxy) is 1. The SMILES string of the molecule is CC(C)Oc1ccc(C(=O)Nc2ccc(-c3cnc4n3CCC4)cc2)cc1. The molecule has 1 aliphatic heterocycles. The first-order valence-electron chi connectivity index (χ1n) is 9.33. The quantitative estimate of drug-likeness (QED) is 0.726. The summed E-state index contributed by atoms with van der Waals surface area (Å²) in [5.74, 6) is 1.79. The van der Waals surface area contributed by atoms with E-state index < -0.39 is 0 Å². The lowest BCUT2D eigenvalue weighted by molar-refractivity contribution is 0.102. The number of carbonyl (C=O) groups excluding carboxylic acids is 1. The Morgan fingerprint density at radius 3 is 2.56 bits per heavy atom. The molecule has 4 rings (SSSR count). The molecule has 138 valence electrons. The predicted octanol–water partition coefficient (Wildman–Crippen LogP) is 4.54. The van der Waals surface area contributed by atoms with Crippen molar-refractivity contribution in [3.63, 3.8) is 0 Å². The van der Waals surface area contributed by atoms with Crippen molar-refractivity contribution in [3.05, 3.63) is 66.1 Å². The Labute approximate surface area is 159 Å². The van der Waals surface area contributed by atoms with E-state index in [2.05, 4.69) is 14.9 Å². The highest BCUT2D eigenvalue weighted by atomic mass is 16.5. The molecule has 1 N–H and O–H groups in total. The van der Waals surface area contributed by atoms with Gasteiger partial charge in [0.1, 0.15) is 11.6 Å². The Morgan fingerprint density at radius 1 is 1.11 bits per heavy atom. The lowest BCUT2D eigenvalue weighted by Crippen LogP contribution is -2.12. The van der Waals surface area contributed by atoms with Crippen LogP contribution in [0.4, 0.5) is 5.69 Å². The third kappa shape index (κ3) is 3.72. The fourth-order valence-electron chi connectivity index (χ4n) is 3.37. The first-order valence-corrected chi connectivity index (χ1v) is 9.33. The molecule has 1 aromatic heterocycles. The summed E-state index contributed by atoms with van der Waals surface area (Å²) in [6, 6.07) is 15.1. The van der Waals surface area contributed by atoms with Crippen LogP contribution in [-0.2, 0) is 13.0 Å². The minimum Gasteiger partial charge on any atom is -0.491 e. The van der Waals surface area contributed by atoms with E-state index in [4.69, 9.17) is 4.74 Å². The van der Waals surface area contributed by atoms with Crippen LogP contribution < -0.4 is 10.1 Å². The van der Waals surface area contributed by atoms with Crippen LogP contribution in [0.15, 0.2) is 54.7 Å². The summed E-state index contributed by atoms with van der Waals surface area (Å²) >= 11 is 0. The van der Waals surface area contributed by atoms with Gasteiger partial charge in [0.25, 0.3) is 5.91 Å². The van der Waals surface area contributed by atoms with Crippen LogP contribution in [-0.4, -0.2) is 21.6 Å². The molecular weight excluding hydrogens is 338 g/mol. The summed E-state index contributed by atoms with van der Waals surface area (Å²) in [6.45, 7) is 4.98. The fourth-order valence-corrected chi connectivity index (χ4v) is 3.37. The van der Waals surface area contributed by atoms with Gasteiger partial charge in [-0.05, 0) is 62.2 Å². The number of hydrogen-bond acceptors (Lipinski definition) is 3. The third-order valence-corrected chi connectivity index (χ3v) is 4.65. The van der Waals surface area contributed by atoms with Gasteiger partial charge in [-0.1, -0.05) is 12.1 Å². The van der Waals surface area contributed by atoms with E-state index in [9.17, 15) is 4.79 Å². The van der Waals surface area contributed by atoms with Crippen molar-refractivity contribution in [1.82, 2.24) is 9.55 Å². The van der Waals surface area contributed by atoms with Crippen molar-refractivity contribution in [2.75, 3.05) is 5.32 Å². The molecule has 0 unspecified atom stereocenters. The van der Waals surface area contributed by atoms with Crippen molar-refractivity contribution in [2.24, 2.45) is 0 Å². The van der Waals surface area contributed by atoms with Gasteiger partial charge in [0.05, 0.1) is 18.0 Å². The zero-order valence-electron chi connectivity index (χ0n) is 15.6. The number of imidazole rings is 1. The highest BCUT2D eigenvalue weighted by Crippen LogP contribution is 2.26. The monoisotopic (exact) mass is 361 g/mol. The number of aryl methyl sites for hydroxylation is 1. The molecule has 5 nitrogen and oxygen atoms in total. The number of aromatic nitrogens is 2.